The summed E-state index contributed by atoms with van der Waals surface area (Å²) >= 11 is 0. The van der Waals surface area contributed by atoms with Crippen molar-refractivity contribution in [2.24, 2.45) is 5.73 Å². The molecule has 0 amide bonds. The molecule has 19 heavy (non-hydrogen) atoms. The van der Waals surface area contributed by atoms with Gasteiger partial charge in [0.05, 0.1) is 11.9 Å². The van der Waals surface area contributed by atoms with Crippen LogP contribution in [-0.2, 0) is 6.42 Å². The van der Waals surface area contributed by atoms with Crippen LogP contribution in [0.15, 0.2) is 36.8 Å². The van der Waals surface area contributed by atoms with Crippen LogP contribution in [-0.4, -0.2) is 25.2 Å². The zero-order valence-electron chi connectivity index (χ0n) is 11.1. The Morgan fingerprint density at radius 1 is 1.37 bits per heavy atom. The van der Waals surface area contributed by atoms with Crippen molar-refractivity contribution in [3.05, 3.63) is 48.0 Å². The Morgan fingerprint density at radius 2 is 2.21 bits per heavy atom. The minimum Gasteiger partial charge on any atom is -0.328 e. The van der Waals surface area contributed by atoms with E-state index in [1.54, 1.807) is 0 Å². The molecule has 5 nitrogen and oxygen atoms in total. The summed E-state index contributed by atoms with van der Waals surface area (Å²) in [5.74, 6) is 0.858. The summed E-state index contributed by atoms with van der Waals surface area (Å²) in [6.45, 7) is 4.02. The fraction of sp³-hybridized carbons (Fsp3) is 0.286. The van der Waals surface area contributed by atoms with Crippen molar-refractivity contribution >= 4 is 5.65 Å². The van der Waals surface area contributed by atoms with E-state index in [1.165, 1.54) is 0 Å². The molecule has 3 rings (SSSR count). The normalized spacial score (nSPS) is 13.0. The monoisotopic (exact) mass is 255 g/mol. The maximum atomic E-state index is 5.96. The second kappa shape index (κ2) is 4.51. The van der Waals surface area contributed by atoms with Crippen molar-refractivity contribution in [3.8, 4) is 5.82 Å². The highest BCUT2D eigenvalue weighted by Crippen LogP contribution is 2.18. The van der Waals surface area contributed by atoms with Crippen LogP contribution in [0, 0.1) is 6.92 Å². The summed E-state index contributed by atoms with van der Waals surface area (Å²) in [4.78, 5) is 4.66. The second-order valence-corrected chi connectivity index (χ2v) is 4.95. The molecule has 0 spiro atoms. The van der Waals surface area contributed by atoms with E-state index in [9.17, 15) is 0 Å². The standard InChI is InChI=1S/C14H17N5/c1-10-8-16-19(9-10)14-12(7-11(2)15)18-6-4-3-5-13(18)17-14/h3-6,8-9,11H,7,15H2,1-2H3. The topological polar surface area (TPSA) is 61.1 Å². The first-order valence-corrected chi connectivity index (χ1v) is 6.38. The molecule has 0 aliphatic carbocycles. The molecule has 5 heteroatoms. The van der Waals surface area contributed by atoms with E-state index in [0.29, 0.717) is 0 Å². The highest BCUT2D eigenvalue weighted by molar-refractivity contribution is 5.48. The van der Waals surface area contributed by atoms with Crippen LogP contribution in [0.2, 0.25) is 0 Å². The van der Waals surface area contributed by atoms with E-state index in [0.717, 1.165) is 29.1 Å². The van der Waals surface area contributed by atoms with Crippen molar-refractivity contribution in [1.82, 2.24) is 19.2 Å². The van der Waals surface area contributed by atoms with Gasteiger partial charge in [-0.15, -0.1) is 0 Å². The van der Waals surface area contributed by atoms with Crippen molar-refractivity contribution in [2.45, 2.75) is 26.3 Å². The van der Waals surface area contributed by atoms with Gasteiger partial charge in [0, 0.05) is 24.9 Å². The van der Waals surface area contributed by atoms with Crippen LogP contribution in [0.25, 0.3) is 11.5 Å². The van der Waals surface area contributed by atoms with Gasteiger partial charge in [0.2, 0.25) is 0 Å². The zero-order chi connectivity index (χ0) is 13.4. The number of hydrogen-bond acceptors (Lipinski definition) is 3. The third-order valence-corrected chi connectivity index (χ3v) is 3.05. The fourth-order valence-corrected chi connectivity index (χ4v) is 2.24. The predicted octanol–water partition coefficient (Wildman–Crippen LogP) is 1.72. The first kappa shape index (κ1) is 11.9. The number of aromatic nitrogens is 4. The number of imidazole rings is 1. The molecule has 3 aromatic heterocycles. The lowest BCUT2D eigenvalue weighted by Crippen LogP contribution is -2.20. The maximum Gasteiger partial charge on any atom is 0.175 e. The molecule has 0 saturated carbocycles. The van der Waals surface area contributed by atoms with Gasteiger partial charge in [-0.25, -0.2) is 9.67 Å². The molecule has 0 bridgehead atoms. The lowest BCUT2D eigenvalue weighted by atomic mass is 10.2. The molecule has 1 atom stereocenters. The molecule has 0 radical (unpaired) electrons. The van der Waals surface area contributed by atoms with E-state index in [1.807, 2.05) is 55.3 Å². The van der Waals surface area contributed by atoms with E-state index in [-0.39, 0.29) is 6.04 Å². The minimum absolute atomic E-state index is 0.0792. The summed E-state index contributed by atoms with van der Waals surface area (Å²) in [5.41, 5.74) is 9.08. The molecule has 3 aromatic rings. The first-order chi connectivity index (χ1) is 9.15. The fourth-order valence-electron chi connectivity index (χ4n) is 2.24. The Hall–Kier alpha value is -2.14. The van der Waals surface area contributed by atoms with Crippen molar-refractivity contribution in [1.29, 1.82) is 0 Å². The first-order valence-electron chi connectivity index (χ1n) is 6.38. The van der Waals surface area contributed by atoms with Gasteiger partial charge in [0.25, 0.3) is 0 Å². The van der Waals surface area contributed by atoms with E-state index in [2.05, 4.69) is 14.5 Å². The van der Waals surface area contributed by atoms with Crippen LogP contribution < -0.4 is 5.73 Å². The average Bonchev–Trinajstić information content (AvgIpc) is 2.94. The molecule has 0 aliphatic heterocycles. The van der Waals surface area contributed by atoms with E-state index >= 15 is 0 Å². The second-order valence-electron chi connectivity index (χ2n) is 4.95. The summed E-state index contributed by atoms with van der Waals surface area (Å²) < 4.78 is 3.90. The minimum atomic E-state index is 0.0792. The predicted molar refractivity (Wildman–Crippen MR) is 74.4 cm³/mol. The van der Waals surface area contributed by atoms with Gasteiger partial charge in [-0.05, 0) is 31.5 Å². The number of rotatable bonds is 3. The number of nitrogens with two attached hydrogens (primary N) is 1. The average molecular weight is 255 g/mol. The molecule has 0 saturated heterocycles. The Bertz CT molecular complexity index is 708. The lowest BCUT2D eigenvalue weighted by molar-refractivity contribution is 0.705. The largest absolute Gasteiger partial charge is 0.328 e. The highest BCUT2D eigenvalue weighted by atomic mass is 15.3. The maximum absolute atomic E-state index is 5.96. The smallest absolute Gasteiger partial charge is 0.175 e. The van der Waals surface area contributed by atoms with Crippen molar-refractivity contribution in [3.63, 3.8) is 0 Å². The van der Waals surface area contributed by atoms with Gasteiger partial charge < -0.3 is 10.1 Å². The Balaban J connectivity index is 2.22. The summed E-state index contributed by atoms with van der Waals surface area (Å²) in [6.07, 6.45) is 6.59. The summed E-state index contributed by atoms with van der Waals surface area (Å²) in [5, 5.41) is 4.35. The van der Waals surface area contributed by atoms with Gasteiger partial charge in [0.15, 0.2) is 5.82 Å². The Labute approximate surface area is 111 Å². The number of fused-ring (bicyclic) bond motifs is 1. The molecular weight excluding hydrogens is 238 g/mol. The molecule has 0 aliphatic rings. The number of nitrogens with zero attached hydrogens (tertiary/aromatic N) is 4. The SMILES string of the molecule is Cc1cnn(-c2nc3ccccn3c2CC(C)N)c1. The molecular formula is C14H17N5. The summed E-state index contributed by atoms with van der Waals surface area (Å²) in [7, 11) is 0. The Kier molecular flexibility index (Phi) is 2.83. The number of hydrogen-bond donors (Lipinski definition) is 1. The van der Waals surface area contributed by atoms with Gasteiger partial charge in [-0.3, -0.25) is 0 Å². The quantitative estimate of drug-likeness (QED) is 0.775. The number of aryl methyl sites for hydroxylation is 1. The molecule has 0 aromatic carbocycles. The number of pyridine rings is 1. The van der Waals surface area contributed by atoms with Gasteiger partial charge in [0.1, 0.15) is 5.65 Å². The molecule has 0 fully saturated rings. The molecule has 1 unspecified atom stereocenters. The Morgan fingerprint density at radius 3 is 2.89 bits per heavy atom. The van der Waals surface area contributed by atoms with Crippen LogP contribution in [0.5, 0.6) is 0 Å². The third-order valence-electron chi connectivity index (χ3n) is 3.05. The van der Waals surface area contributed by atoms with Crippen LogP contribution >= 0.6 is 0 Å². The van der Waals surface area contributed by atoms with Crippen LogP contribution in [0.4, 0.5) is 0 Å². The van der Waals surface area contributed by atoms with Crippen molar-refractivity contribution < 1.29 is 0 Å². The summed E-state index contributed by atoms with van der Waals surface area (Å²) in [6, 6.07) is 6.05. The van der Waals surface area contributed by atoms with E-state index in [4.69, 9.17) is 5.73 Å². The third kappa shape index (κ3) is 2.13. The molecule has 98 valence electrons. The van der Waals surface area contributed by atoms with Crippen LogP contribution in [0.3, 0.4) is 0 Å². The zero-order valence-corrected chi connectivity index (χ0v) is 11.1. The molecule has 3 heterocycles. The van der Waals surface area contributed by atoms with Gasteiger partial charge in [-0.1, -0.05) is 6.07 Å². The highest BCUT2D eigenvalue weighted by Gasteiger charge is 2.15. The lowest BCUT2D eigenvalue weighted by Gasteiger charge is -2.07. The van der Waals surface area contributed by atoms with Gasteiger partial charge in [-0.2, -0.15) is 5.10 Å². The molecule has 2 N–H and O–H groups in total. The van der Waals surface area contributed by atoms with Gasteiger partial charge >= 0.3 is 0 Å². The van der Waals surface area contributed by atoms with Crippen LogP contribution in [0.1, 0.15) is 18.2 Å². The van der Waals surface area contributed by atoms with E-state index < -0.39 is 0 Å². The van der Waals surface area contributed by atoms with Crippen molar-refractivity contribution in [2.75, 3.05) is 0 Å².